The fourth-order valence-corrected chi connectivity index (χ4v) is 3.27. The summed E-state index contributed by atoms with van der Waals surface area (Å²) in [6.07, 6.45) is 5.34. The Morgan fingerprint density at radius 1 is 1.10 bits per heavy atom. The zero-order valence-corrected chi connectivity index (χ0v) is 13.9. The van der Waals surface area contributed by atoms with Crippen LogP contribution in [0, 0.1) is 0 Å². The van der Waals surface area contributed by atoms with Crippen molar-refractivity contribution >= 4 is 32.9 Å². The minimum atomic E-state index is 1.02. The lowest BCUT2D eigenvalue weighted by atomic mass is 10.1. The third-order valence-electron chi connectivity index (χ3n) is 3.77. The molecule has 3 aromatic rings. The van der Waals surface area contributed by atoms with Crippen molar-refractivity contribution in [3.05, 3.63) is 70.3 Å². The van der Waals surface area contributed by atoms with Crippen LogP contribution >= 0.6 is 15.9 Å². The molecule has 0 radical (unpaired) electrons. The van der Waals surface area contributed by atoms with E-state index in [0.29, 0.717) is 0 Å². The van der Waals surface area contributed by atoms with Crippen molar-refractivity contribution in [2.45, 2.75) is 20.3 Å². The van der Waals surface area contributed by atoms with Crippen molar-refractivity contribution in [2.75, 3.05) is 0 Å². The van der Waals surface area contributed by atoms with Crippen molar-refractivity contribution in [3.63, 3.8) is 0 Å². The summed E-state index contributed by atoms with van der Waals surface area (Å²) in [5.41, 5.74) is 5.14. The van der Waals surface area contributed by atoms with Gasteiger partial charge < -0.3 is 4.57 Å². The van der Waals surface area contributed by atoms with Gasteiger partial charge >= 0.3 is 0 Å². The molecule has 1 nitrogen and oxygen atoms in total. The van der Waals surface area contributed by atoms with E-state index in [9.17, 15) is 0 Å². The van der Waals surface area contributed by atoms with Gasteiger partial charge in [-0.15, -0.1) is 0 Å². The van der Waals surface area contributed by atoms with E-state index in [1.807, 2.05) is 0 Å². The summed E-state index contributed by atoms with van der Waals surface area (Å²) in [5.74, 6) is 0. The summed E-state index contributed by atoms with van der Waals surface area (Å²) in [6.45, 7) is 4.29. The second-order valence-corrected chi connectivity index (χ2v) is 5.97. The van der Waals surface area contributed by atoms with E-state index >= 15 is 0 Å². The SMILES string of the molecule is C/C=C\c1c(CC)c2cc(Br)ccc2n1-c1ccccc1. The van der Waals surface area contributed by atoms with E-state index in [-0.39, 0.29) is 0 Å². The Morgan fingerprint density at radius 2 is 1.86 bits per heavy atom. The van der Waals surface area contributed by atoms with Gasteiger partial charge in [0.1, 0.15) is 0 Å². The maximum atomic E-state index is 3.60. The van der Waals surface area contributed by atoms with E-state index < -0.39 is 0 Å². The number of benzene rings is 2. The van der Waals surface area contributed by atoms with Crippen LogP contribution in [0.5, 0.6) is 0 Å². The van der Waals surface area contributed by atoms with Gasteiger partial charge in [0.05, 0.1) is 5.52 Å². The zero-order chi connectivity index (χ0) is 14.8. The van der Waals surface area contributed by atoms with Gasteiger partial charge in [0.15, 0.2) is 0 Å². The van der Waals surface area contributed by atoms with Crippen molar-refractivity contribution in [2.24, 2.45) is 0 Å². The molecule has 0 aliphatic rings. The number of fused-ring (bicyclic) bond motifs is 1. The predicted molar refractivity (Wildman–Crippen MR) is 95.1 cm³/mol. The molecule has 2 aromatic carbocycles. The molecule has 2 heteroatoms. The first kappa shape index (κ1) is 14.2. The molecule has 3 rings (SSSR count). The van der Waals surface area contributed by atoms with Gasteiger partial charge in [-0.1, -0.05) is 47.1 Å². The fourth-order valence-electron chi connectivity index (χ4n) is 2.91. The molecule has 106 valence electrons. The number of aryl methyl sites for hydroxylation is 1. The van der Waals surface area contributed by atoms with E-state index in [2.05, 4.69) is 95.0 Å². The molecule has 0 bridgehead atoms. The average molecular weight is 340 g/mol. The lowest BCUT2D eigenvalue weighted by Crippen LogP contribution is -1.97. The third kappa shape index (κ3) is 2.44. The van der Waals surface area contributed by atoms with Crippen LogP contribution in [0.4, 0.5) is 0 Å². The summed E-state index contributed by atoms with van der Waals surface area (Å²) in [6, 6.07) is 17.1. The van der Waals surface area contributed by atoms with Crippen LogP contribution in [-0.4, -0.2) is 4.57 Å². The van der Waals surface area contributed by atoms with Gasteiger partial charge in [0.25, 0.3) is 0 Å². The van der Waals surface area contributed by atoms with E-state index in [0.717, 1.165) is 10.9 Å². The number of aromatic nitrogens is 1. The van der Waals surface area contributed by atoms with Crippen molar-refractivity contribution in [1.29, 1.82) is 0 Å². The van der Waals surface area contributed by atoms with Crippen LogP contribution in [-0.2, 0) is 6.42 Å². The highest BCUT2D eigenvalue weighted by Crippen LogP contribution is 2.32. The van der Waals surface area contributed by atoms with Crippen molar-refractivity contribution in [1.82, 2.24) is 4.57 Å². The monoisotopic (exact) mass is 339 g/mol. The van der Waals surface area contributed by atoms with Gasteiger partial charge in [-0.25, -0.2) is 0 Å². The van der Waals surface area contributed by atoms with Crippen LogP contribution in [0.25, 0.3) is 22.7 Å². The van der Waals surface area contributed by atoms with Gasteiger partial charge in [-0.05, 0) is 55.3 Å². The molecule has 1 aromatic heterocycles. The molecule has 0 saturated carbocycles. The summed E-state index contributed by atoms with van der Waals surface area (Å²) in [5, 5.41) is 1.32. The van der Waals surface area contributed by atoms with E-state index in [4.69, 9.17) is 0 Å². The topological polar surface area (TPSA) is 4.93 Å². The van der Waals surface area contributed by atoms with Crippen LogP contribution < -0.4 is 0 Å². The lowest BCUT2D eigenvalue weighted by molar-refractivity contribution is 1.06. The first-order chi connectivity index (χ1) is 10.3. The second-order valence-electron chi connectivity index (χ2n) is 5.05. The smallest absolute Gasteiger partial charge is 0.0538 e. The fraction of sp³-hybridized carbons (Fsp3) is 0.158. The number of para-hydroxylation sites is 1. The maximum absolute atomic E-state index is 3.60. The molecular formula is C19H18BrN. The van der Waals surface area contributed by atoms with Gasteiger partial charge in [0, 0.05) is 21.2 Å². The Hall–Kier alpha value is -1.80. The lowest BCUT2D eigenvalue weighted by Gasteiger charge is -2.09. The van der Waals surface area contributed by atoms with Gasteiger partial charge in [-0.2, -0.15) is 0 Å². The number of nitrogens with zero attached hydrogens (tertiary/aromatic N) is 1. The van der Waals surface area contributed by atoms with E-state index in [1.54, 1.807) is 0 Å². The number of allylic oxidation sites excluding steroid dienone is 1. The Bertz CT molecular complexity index is 797. The standard InChI is InChI=1S/C19H18BrN/c1-3-8-18-16(4-2)17-13-14(20)11-12-19(17)21(18)15-9-6-5-7-10-15/h3,5-13H,4H2,1-2H3/b8-3-. The highest BCUT2D eigenvalue weighted by molar-refractivity contribution is 9.10. The van der Waals surface area contributed by atoms with Crippen LogP contribution in [0.15, 0.2) is 59.1 Å². The molecule has 0 amide bonds. The molecule has 0 N–H and O–H groups in total. The zero-order valence-electron chi connectivity index (χ0n) is 12.3. The predicted octanol–water partition coefficient (Wildman–Crippen LogP) is 5.99. The number of hydrogen-bond donors (Lipinski definition) is 0. The number of hydrogen-bond acceptors (Lipinski definition) is 0. The molecule has 0 unspecified atom stereocenters. The summed E-state index contributed by atoms with van der Waals surface area (Å²) in [7, 11) is 0. The third-order valence-corrected chi connectivity index (χ3v) is 4.26. The Morgan fingerprint density at radius 3 is 2.52 bits per heavy atom. The molecule has 0 fully saturated rings. The summed E-state index contributed by atoms with van der Waals surface area (Å²) in [4.78, 5) is 0. The van der Waals surface area contributed by atoms with Crippen molar-refractivity contribution in [3.8, 4) is 5.69 Å². The normalized spacial score (nSPS) is 11.6. The van der Waals surface area contributed by atoms with Crippen LogP contribution in [0.1, 0.15) is 25.1 Å². The first-order valence-corrected chi connectivity index (χ1v) is 8.06. The Balaban J connectivity index is 2.44. The molecule has 0 saturated heterocycles. The number of rotatable bonds is 3. The average Bonchev–Trinajstić information content (AvgIpc) is 2.81. The van der Waals surface area contributed by atoms with Crippen molar-refractivity contribution < 1.29 is 0 Å². The van der Waals surface area contributed by atoms with Gasteiger partial charge in [-0.3, -0.25) is 0 Å². The Kier molecular flexibility index (Phi) is 3.98. The quantitative estimate of drug-likeness (QED) is 0.552. The summed E-state index contributed by atoms with van der Waals surface area (Å²) >= 11 is 3.60. The molecule has 21 heavy (non-hydrogen) atoms. The Labute approximate surface area is 134 Å². The van der Waals surface area contributed by atoms with E-state index in [1.165, 1.54) is 27.8 Å². The molecule has 0 aliphatic heterocycles. The highest BCUT2D eigenvalue weighted by atomic mass is 79.9. The summed E-state index contributed by atoms with van der Waals surface area (Å²) < 4.78 is 3.47. The maximum Gasteiger partial charge on any atom is 0.0538 e. The van der Waals surface area contributed by atoms with Crippen LogP contribution in [0.2, 0.25) is 0 Å². The molecule has 0 atom stereocenters. The minimum Gasteiger partial charge on any atom is -0.310 e. The molecular weight excluding hydrogens is 322 g/mol. The van der Waals surface area contributed by atoms with Gasteiger partial charge in [0.2, 0.25) is 0 Å². The van der Waals surface area contributed by atoms with Crippen LogP contribution in [0.3, 0.4) is 0 Å². The first-order valence-electron chi connectivity index (χ1n) is 7.27. The highest BCUT2D eigenvalue weighted by Gasteiger charge is 2.15. The minimum absolute atomic E-state index is 1.02. The largest absolute Gasteiger partial charge is 0.310 e. The second kappa shape index (κ2) is 5.90. The molecule has 1 heterocycles. The number of halogens is 1. The molecule has 0 spiro atoms. The molecule has 0 aliphatic carbocycles.